The van der Waals surface area contributed by atoms with E-state index in [0.29, 0.717) is 37.8 Å². The number of rotatable bonds is 2. The predicted molar refractivity (Wildman–Crippen MR) is 88.5 cm³/mol. The van der Waals surface area contributed by atoms with Gasteiger partial charge >= 0.3 is 0 Å². The predicted octanol–water partition coefficient (Wildman–Crippen LogP) is 0.257. The number of halogens is 1. The van der Waals surface area contributed by atoms with Gasteiger partial charge < -0.3 is 14.7 Å². The number of hydrogen-bond donors (Lipinski definition) is 0. The van der Waals surface area contributed by atoms with Gasteiger partial charge in [-0.2, -0.15) is 5.10 Å². The smallest absolute Gasteiger partial charge is 0.274 e. The van der Waals surface area contributed by atoms with E-state index in [0.717, 1.165) is 36.7 Å². The molecule has 0 N–H and O–H groups in total. The number of anilines is 1. The molecular formula is C16H20FN7O. The standard InChI is InChI=1S/C16H20FN7O/c1-21-3-5-23(6-4-21)15(25)14-12-9-24(10-13(12)22(2)20-14)16-18-7-11(17)8-19-16/h7-8H,3-6,9-10H2,1-2H3. The molecule has 1 fully saturated rings. The summed E-state index contributed by atoms with van der Waals surface area (Å²) in [7, 11) is 3.90. The molecule has 2 aliphatic rings. The van der Waals surface area contributed by atoms with Crippen LogP contribution in [-0.4, -0.2) is 68.7 Å². The number of nitrogens with zero attached hydrogens (tertiary/aromatic N) is 7. The molecule has 2 aromatic heterocycles. The molecule has 0 aromatic carbocycles. The first kappa shape index (κ1) is 15.9. The number of aromatic nitrogens is 4. The van der Waals surface area contributed by atoms with Crippen molar-refractivity contribution in [3.05, 3.63) is 35.2 Å². The Balaban J connectivity index is 1.57. The van der Waals surface area contributed by atoms with Crippen LogP contribution >= 0.6 is 0 Å². The SMILES string of the molecule is CN1CCN(C(=O)c2nn(C)c3c2CN(c2ncc(F)cn2)C3)CC1. The third kappa shape index (κ3) is 2.84. The van der Waals surface area contributed by atoms with Crippen molar-refractivity contribution in [3.63, 3.8) is 0 Å². The highest BCUT2D eigenvalue weighted by molar-refractivity contribution is 5.94. The molecule has 0 aliphatic carbocycles. The molecule has 8 nitrogen and oxygen atoms in total. The lowest BCUT2D eigenvalue weighted by molar-refractivity contribution is 0.0656. The maximum atomic E-state index is 13.0. The lowest BCUT2D eigenvalue weighted by Crippen LogP contribution is -2.47. The third-order valence-corrected chi connectivity index (χ3v) is 4.85. The summed E-state index contributed by atoms with van der Waals surface area (Å²) in [6.45, 7) is 4.23. The molecule has 0 bridgehead atoms. The first-order valence-electron chi connectivity index (χ1n) is 8.28. The molecule has 25 heavy (non-hydrogen) atoms. The van der Waals surface area contributed by atoms with Crippen LogP contribution < -0.4 is 4.90 Å². The van der Waals surface area contributed by atoms with Crippen LogP contribution in [0.3, 0.4) is 0 Å². The third-order valence-electron chi connectivity index (χ3n) is 4.85. The van der Waals surface area contributed by atoms with E-state index in [2.05, 4.69) is 27.0 Å². The summed E-state index contributed by atoms with van der Waals surface area (Å²) in [6.07, 6.45) is 2.31. The van der Waals surface area contributed by atoms with E-state index in [-0.39, 0.29) is 5.91 Å². The van der Waals surface area contributed by atoms with E-state index >= 15 is 0 Å². The van der Waals surface area contributed by atoms with E-state index < -0.39 is 5.82 Å². The number of likely N-dealkylation sites (N-methyl/N-ethyl adjacent to an activating group) is 1. The van der Waals surface area contributed by atoms with Gasteiger partial charge in [-0.25, -0.2) is 14.4 Å². The van der Waals surface area contributed by atoms with Crippen molar-refractivity contribution in [2.45, 2.75) is 13.1 Å². The zero-order valence-electron chi connectivity index (χ0n) is 14.3. The molecule has 132 valence electrons. The summed E-state index contributed by atoms with van der Waals surface area (Å²) >= 11 is 0. The Morgan fingerprint density at radius 3 is 2.44 bits per heavy atom. The number of amides is 1. The van der Waals surface area contributed by atoms with Crippen LogP contribution in [0.2, 0.25) is 0 Å². The van der Waals surface area contributed by atoms with Crippen molar-refractivity contribution < 1.29 is 9.18 Å². The highest BCUT2D eigenvalue weighted by atomic mass is 19.1. The molecule has 0 unspecified atom stereocenters. The fourth-order valence-electron chi connectivity index (χ4n) is 3.34. The minimum absolute atomic E-state index is 0.0215. The van der Waals surface area contributed by atoms with Crippen molar-refractivity contribution >= 4 is 11.9 Å². The monoisotopic (exact) mass is 345 g/mol. The average Bonchev–Trinajstić information content (AvgIpc) is 3.16. The number of carbonyl (C=O) groups excluding carboxylic acids is 1. The van der Waals surface area contributed by atoms with Gasteiger partial charge in [0.25, 0.3) is 5.91 Å². The van der Waals surface area contributed by atoms with Crippen LogP contribution in [0.15, 0.2) is 12.4 Å². The van der Waals surface area contributed by atoms with Gasteiger partial charge in [-0.05, 0) is 7.05 Å². The molecule has 2 aromatic rings. The van der Waals surface area contributed by atoms with Crippen molar-refractivity contribution in [3.8, 4) is 0 Å². The number of hydrogen-bond acceptors (Lipinski definition) is 6. The second kappa shape index (κ2) is 6.07. The van der Waals surface area contributed by atoms with Gasteiger partial charge in [0.1, 0.15) is 0 Å². The fraction of sp³-hybridized carbons (Fsp3) is 0.500. The summed E-state index contributed by atoms with van der Waals surface area (Å²) < 4.78 is 14.8. The quantitative estimate of drug-likeness (QED) is 0.778. The van der Waals surface area contributed by atoms with Gasteiger partial charge in [0, 0.05) is 38.8 Å². The minimum atomic E-state index is -0.465. The van der Waals surface area contributed by atoms with Gasteiger partial charge in [0.2, 0.25) is 5.95 Å². The van der Waals surface area contributed by atoms with Gasteiger partial charge in [-0.1, -0.05) is 0 Å². The van der Waals surface area contributed by atoms with Gasteiger partial charge in [0.05, 0.1) is 31.2 Å². The molecule has 9 heteroatoms. The number of piperazine rings is 1. The van der Waals surface area contributed by atoms with E-state index in [9.17, 15) is 9.18 Å². The summed E-state index contributed by atoms with van der Waals surface area (Å²) in [6, 6.07) is 0. The Morgan fingerprint density at radius 1 is 1.08 bits per heavy atom. The molecule has 0 spiro atoms. The summed E-state index contributed by atoms with van der Waals surface area (Å²) in [4.78, 5) is 27.0. The molecule has 1 amide bonds. The lowest BCUT2D eigenvalue weighted by Gasteiger charge is -2.32. The molecule has 1 saturated heterocycles. The lowest BCUT2D eigenvalue weighted by atomic mass is 10.2. The van der Waals surface area contributed by atoms with E-state index in [1.54, 1.807) is 4.68 Å². The van der Waals surface area contributed by atoms with Crippen molar-refractivity contribution in [1.29, 1.82) is 0 Å². The summed E-state index contributed by atoms with van der Waals surface area (Å²) in [5.41, 5.74) is 2.40. The van der Waals surface area contributed by atoms with Crippen LogP contribution in [-0.2, 0) is 20.1 Å². The second-order valence-electron chi connectivity index (χ2n) is 6.55. The zero-order valence-corrected chi connectivity index (χ0v) is 14.3. The van der Waals surface area contributed by atoms with Crippen molar-refractivity contribution in [2.24, 2.45) is 7.05 Å². The van der Waals surface area contributed by atoms with Crippen LogP contribution in [0.4, 0.5) is 10.3 Å². The Morgan fingerprint density at radius 2 is 1.76 bits per heavy atom. The molecule has 0 saturated carbocycles. The number of carbonyl (C=O) groups is 1. The highest BCUT2D eigenvalue weighted by Gasteiger charge is 2.33. The molecule has 2 aliphatic heterocycles. The molecule has 0 radical (unpaired) electrons. The van der Waals surface area contributed by atoms with Crippen LogP contribution in [0.1, 0.15) is 21.7 Å². The van der Waals surface area contributed by atoms with Gasteiger partial charge in [-0.15, -0.1) is 0 Å². The number of aryl methyl sites for hydroxylation is 1. The average molecular weight is 345 g/mol. The first-order chi connectivity index (χ1) is 12.0. The van der Waals surface area contributed by atoms with Gasteiger partial charge in [-0.3, -0.25) is 9.48 Å². The van der Waals surface area contributed by atoms with E-state index in [1.165, 1.54) is 0 Å². The van der Waals surface area contributed by atoms with Crippen LogP contribution in [0.25, 0.3) is 0 Å². The molecular weight excluding hydrogens is 325 g/mol. The zero-order chi connectivity index (χ0) is 17.6. The van der Waals surface area contributed by atoms with E-state index in [4.69, 9.17) is 0 Å². The van der Waals surface area contributed by atoms with Crippen molar-refractivity contribution in [1.82, 2.24) is 29.5 Å². The maximum absolute atomic E-state index is 13.0. The summed E-state index contributed by atoms with van der Waals surface area (Å²) in [5, 5.41) is 4.45. The topological polar surface area (TPSA) is 70.4 Å². The van der Waals surface area contributed by atoms with Crippen LogP contribution in [0, 0.1) is 5.82 Å². The Hall–Kier alpha value is -2.55. The number of fused-ring (bicyclic) bond motifs is 1. The van der Waals surface area contributed by atoms with Crippen molar-refractivity contribution in [2.75, 3.05) is 38.1 Å². The van der Waals surface area contributed by atoms with Gasteiger partial charge in [0.15, 0.2) is 11.5 Å². The Kier molecular flexibility index (Phi) is 3.87. The Bertz CT molecular complexity index is 796. The van der Waals surface area contributed by atoms with Crippen LogP contribution in [0.5, 0.6) is 0 Å². The fourth-order valence-corrected chi connectivity index (χ4v) is 3.34. The Labute approximate surface area is 144 Å². The molecule has 4 heterocycles. The summed E-state index contributed by atoms with van der Waals surface area (Å²) in [5.74, 6) is -0.0320. The maximum Gasteiger partial charge on any atom is 0.274 e. The molecule has 4 rings (SSSR count). The largest absolute Gasteiger partial charge is 0.335 e. The second-order valence-corrected chi connectivity index (χ2v) is 6.55. The minimum Gasteiger partial charge on any atom is -0.335 e. The normalized spacial score (nSPS) is 17.9. The first-order valence-corrected chi connectivity index (χ1v) is 8.28. The highest BCUT2D eigenvalue weighted by Crippen LogP contribution is 2.28. The van der Waals surface area contributed by atoms with E-state index in [1.807, 2.05) is 16.8 Å². The molecule has 0 atom stereocenters.